The summed E-state index contributed by atoms with van der Waals surface area (Å²) in [6.45, 7) is 0. The first-order valence-electron chi connectivity index (χ1n) is 3.45. The number of hydrogen-bond acceptors (Lipinski definition) is 3. The van der Waals surface area contributed by atoms with Gasteiger partial charge < -0.3 is 14.8 Å². The predicted molar refractivity (Wildman–Crippen MR) is 55.5 cm³/mol. The maximum Gasteiger partial charge on any atom is 0.493 e. The molecule has 1 aromatic rings. The van der Waals surface area contributed by atoms with Gasteiger partial charge in [0.2, 0.25) is 0 Å². The summed E-state index contributed by atoms with van der Waals surface area (Å²) in [5.41, 5.74) is 0.173. The van der Waals surface area contributed by atoms with Crippen LogP contribution in [0, 0.1) is 0 Å². The third kappa shape index (κ3) is 2.37. The number of halogens is 2. The van der Waals surface area contributed by atoms with Crippen LogP contribution in [0.25, 0.3) is 0 Å². The van der Waals surface area contributed by atoms with Crippen molar-refractivity contribution in [3.8, 4) is 5.75 Å². The van der Waals surface area contributed by atoms with Crippen molar-refractivity contribution < 1.29 is 14.8 Å². The van der Waals surface area contributed by atoms with E-state index in [0.717, 1.165) is 4.47 Å². The Labute approximate surface area is 89.6 Å². The van der Waals surface area contributed by atoms with Crippen molar-refractivity contribution in [1.82, 2.24) is 0 Å². The quantitative estimate of drug-likeness (QED) is 0.777. The fourth-order valence-corrected chi connectivity index (χ4v) is 1.86. The van der Waals surface area contributed by atoms with Gasteiger partial charge in [-0.15, -0.1) is 0 Å². The number of methoxy groups -OCH3 is 1. The van der Waals surface area contributed by atoms with Crippen LogP contribution < -0.4 is 10.2 Å². The Bertz CT molecular complexity index is 319. The average Bonchev–Trinajstić information content (AvgIpc) is 2.01. The number of hydrogen-bond donors (Lipinski definition) is 2. The molecule has 3 nitrogen and oxygen atoms in total. The Morgan fingerprint density at radius 2 is 2.08 bits per heavy atom. The summed E-state index contributed by atoms with van der Waals surface area (Å²) < 4.78 is 5.65. The monoisotopic (exact) mass is 264 g/mol. The van der Waals surface area contributed by atoms with Gasteiger partial charge >= 0.3 is 7.12 Å². The molecule has 0 heterocycles. The fraction of sp³-hybridized carbons (Fsp3) is 0.143. The zero-order valence-corrected chi connectivity index (χ0v) is 9.13. The maximum absolute atomic E-state index is 8.98. The summed E-state index contributed by atoms with van der Waals surface area (Å²) in [5, 5.41) is 18.2. The van der Waals surface area contributed by atoms with Gasteiger partial charge in [0.1, 0.15) is 5.75 Å². The minimum absolute atomic E-state index is 0.173. The molecule has 6 heteroatoms. The van der Waals surface area contributed by atoms with Gasteiger partial charge in [0.15, 0.2) is 0 Å². The lowest BCUT2D eigenvalue weighted by atomic mass is 9.79. The zero-order valence-electron chi connectivity index (χ0n) is 6.79. The van der Waals surface area contributed by atoms with Crippen LogP contribution in [-0.2, 0) is 0 Å². The van der Waals surface area contributed by atoms with Gasteiger partial charge in [0.05, 0.1) is 7.11 Å². The molecule has 0 aliphatic heterocycles. The van der Waals surface area contributed by atoms with Gasteiger partial charge in [-0.2, -0.15) is 0 Å². The van der Waals surface area contributed by atoms with Crippen molar-refractivity contribution in [2.45, 2.75) is 0 Å². The summed E-state index contributed by atoms with van der Waals surface area (Å²) in [7, 11) is -0.195. The van der Waals surface area contributed by atoms with Crippen molar-refractivity contribution >= 4 is 40.1 Å². The van der Waals surface area contributed by atoms with Crippen LogP contribution in [0.15, 0.2) is 16.6 Å². The van der Waals surface area contributed by atoms with Crippen LogP contribution in [0.5, 0.6) is 5.75 Å². The van der Waals surface area contributed by atoms with Crippen LogP contribution in [-0.4, -0.2) is 24.3 Å². The number of benzene rings is 1. The first kappa shape index (κ1) is 10.9. The molecule has 0 aromatic heterocycles. The van der Waals surface area contributed by atoms with Crippen molar-refractivity contribution in [1.29, 1.82) is 0 Å². The maximum atomic E-state index is 8.98. The van der Waals surface area contributed by atoms with Gasteiger partial charge in [-0.25, -0.2) is 0 Å². The van der Waals surface area contributed by atoms with Crippen molar-refractivity contribution in [2.75, 3.05) is 7.11 Å². The molecular weight excluding hydrogens is 258 g/mol. The molecule has 0 fully saturated rings. The smallest absolute Gasteiger partial charge is 0.493 e. The average molecular weight is 265 g/mol. The molecule has 0 radical (unpaired) electrons. The van der Waals surface area contributed by atoms with E-state index < -0.39 is 7.12 Å². The zero-order chi connectivity index (χ0) is 10.0. The molecule has 0 unspecified atom stereocenters. The summed E-state index contributed by atoms with van der Waals surface area (Å²) >= 11 is 8.99. The molecule has 0 spiro atoms. The van der Waals surface area contributed by atoms with E-state index in [2.05, 4.69) is 15.9 Å². The van der Waals surface area contributed by atoms with Crippen LogP contribution in [0.1, 0.15) is 0 Å². The molecule has 1 aromatic carbocycles. The lowest BCUT2D eigenvalue weighted by molar-refractivity contribution is 0.403. The molecule has 0 saturated carbocycles. The molecule has 0 aliphatic rings. The second kappa shape index (κ2) is 4.33. The van der Waals surface area contributed by atoms with E-state index in [9.17, 15) is 0 Å². The fourth-order valence-electron chi connectivity index (χ4n) is 0.981. The van der Waals surface area contributed by atoms with Crippen molar-refractivity contribution in [3.63, 3.8) is 0 Å². The Hall–Kier alpha value is -0.225. The number of ether oxygens (including phenoxy) is 1. The molecule has 1 rings (SSSR count). The Morgan fingerprint density at radius 3 is 2.54 bits per heavy atom. The standard InChI is InChI=1S/C7H7BBrClO3/c1-13-6-3-4(9)2-5(10)7(6)8(11)12/h2-3,11-12H,1H3. The highest BCUT2D eigenvalue weighted by atomic mass is 79.9. The third-order valence-corrected chi connectivity index (χ3v) is 2.31. The molecule has 0 aliphatic carbocycles. The first-order chi connectivity index (χ1) is 6.06. The van der Waals surface area contributed by atoms with Gasteiger partial charge in [-0.3, -0.25) is 0 Å². The predicted octanol–water partition coefficient (Wildman–Crippen LogP) is 0.791. The lowest BCUT2D eigenvalue weighted by Gasteiger charge is -2.09. The van der Waals surface area contributed by atoms with E-state index in [-0.39, 0.29) is 10.5 Å². The molecule has 0 amide bonds. The van der Waals surface area contributed by atoms with E-state index in [1.165, 1.54) is 7.11 Å². The normalized spacial score (nSPS) is 9.92. The van der Waals surface area contributed by atoms with Crippen LogP contribution in [0.4, 0.5) is 0 Å². The highest BCUT2D eigenvalue weighted by molar-refractivity contribution is 9.10. The highest BCUT2D eigenvalue weighted by Gasteiger charge is 2.21. The molecule has 2 N–H and O–H groups in total. The molecular formula is C7H7BBrClO3. The number of rotatable bonds is 2. The van der Waals surface area contributed by atoms with Crippen LogP contribution in [0.2, 0.25) is 5.02 Å². The minimum Gasteiger partial charge on any atom is -0.497 e. The molecule has 70 valence electrons. The van der Waals surface area contributed by atoms with E-state index >= 15 is 0 Å². The highest BCUT2D eigenvalue weighted by Crippen LogP contribution is 2.22. The van der Waals surface area contributed by atoms with Crippen LogP contribution >= 0.6 is 27.5 Å². The summed E-state index contributed by atoms with van der Waals surface area (Å²) in [6.07, 6.45) is 0. The Morgan fingerprint density at radius 1 is 1.46 bits per heavy atom. The SMILES string of the molecule is COc1cc(Br)cc(Cl)c1B(O)O. The molecule has 0 saturated heterocycles. The summed E-state index contributed by atoms with van der Waals surface area (Å²) in [5.74, 6) is 0.342. The van der Waals surface area contributed by atoms with Crippen molar-refractivity contribution in [2.24, 2.45) is 0 Å². The topological polar surface area (TPSA) is 49.7 Å². The van der Waals surface area contributed by atoms with E-state index in [4.69, 9.17) is 26.4 Å². The van der Waals surface area contributed by atoms with E-state index in [0.29, 0.717) is 5.75 Å². The second-order valence-electron chi connectivity index (χ2n) is 2.38. The molecule has 0 bridgehead atoms. The van der Waals surface area contributed by atoms with Crippen LogP contribution in [0.3, 0.4) is 0 Å². The van der Waals surface area contributed by atoms with Crippen molar-refractivity contribution in [3.05, 3.63) is 21.6 Å². The Kier molecular flexibility index (Phi) is 3.61. The largest absolute Gasteiger partial charge is 0.497 e. The first-order valence-corrected chi connectivity index (χ1v) is 4.62. The van der Waals surface area contributed by atoms with Gasteiger partial charge in [-0.1, -0.05) is 27.5 Å². The van der Waals surface area contributed by atoms with Gasteiger partial charge in [0, 0.05) is 15.0 Å². The van der Waals surface area contributed by atoms with Gasteiger partial charge in [-0.05, 0) is 12.1 Å². The Balaban J connectivity index is 3.30. The second-order valence-corrected chi connectivity index (χ2v) is 3.70. The van der Waals surface area contributed by atoms with E-state index in [1.807, 2.05) is 0 Å². The summed E-state index contributed by atoms with van der Waals surface area (Å²) in [6, 6.07) is 3.18. The minimum atomic E-state index is -1.63. The van der Waals surface area contributed by atoms with E-state index in [1.54, 1.807) is 12.1 Å². The molecule has 0 atom stereocenters. The molecule has 13 heavy (non-hydrogen) atoms. The lowest BCUT2D eigenvalue weighted by Crippen LogP contribution is -2.32. The third-order valence-electron chi connectivity index (χ3n) is 1.53. The summed E-state index contributed by atoms with van der Waals surface area (Å²) in [4.78, 5) is 0. The van der Waals surface area contributed by atoms with Gasteiger partial charge in [0.25, 0.3) is 0 Å².